The predicted molar refractivity (Wildman–Crippen MR) is 136 cm³/mol. The van der Waals surface area contributed by atoms with E-state index in [4.69, 9.17) is 9.15 Å². The molecule has 3 aromatic carbocycles. The molecule has 1 aliphatic rings. The van der Waals surface area contributed by atoms with E-state index in [1.165, 1.54) is 12.1 Å². The zero-order valence-corrected chi connectivity index (χ0v) is 20.7. The van der Waals surface area contributed by atoms with Crippen molar-refractivity contribution in [3.05, 3.63) is 89.8 Å². The highest BCUT2D eigenvalue weighted by atomic mass is 32.2. The van der Waals surface area contributed by atoms with E-state index in [1.54, 1.807) is 19.1 Å². The summed E-state index contributed by atoms with van der Waals surface area (Å²) in [5, 5.41) is 4.24. The molecule has 1 saturated heterocycles. The molecule has 2 N–H and O–H groups in total. The second-order valence-electron chi connectivity index (χ2n) is 8.41. The number of hydrogen-bond donors (Lipinski definition) is 2. The van der Waals surface area contributed by atoms with E-state index < -0.39 is 17.1 Å². The van der Waals surface area contributed by atoms with Crippen LogP contribution in [-0.2, 0) is 17.6 Å². The summed E-state index contributed by atoms with van der Waals surface area (Å²) in [6, 6.07) is 19.5. The van der Waals surface area contributed by atoms with Crippen molar-refractivity contribution in [2.75, 3.05) is 5.32 Å². The molecule has 38 heavy (non-hydrogen) atoms. The number of ether oxygens (including phenoxy) is 1. The van der Waals surface area contributed by atoms with E-state index in [-0.39, 0.29) is 23.6 Å². The fourth-order valence-corrected chi connectivity index (χ4v) is 4.51. The Balaban J connectivity index is 1.22. The SMILES string of the molecule is Cc1oc(-c2ccc(C(F)(F)F)cc2)nc1COc1ccc(-c2cccc(NC3SC(=O)NC3=O)c2)cc1. The molecule has 194 valence electrons. The number of imide groups is 1. The third-order valence-electron chi connectivity index (χ3n) is 5.76. The zero-order valence-electron chi connectivity index (χ0n) is 19.8. The molecule has 2 amide bonds. The third kappa shape index (κ3) is 5.67. The van der Waals surface area contributed by atoms with Gasteiger partial charge in [-0.2, -0.15) is 13.2 Å². The highest BCUT2D eigenvalue weighted by molar-refractivity contribution is 8.15. The molecule has 1 aromatic heterocycles. The zero-order chi connectivity index (χ0) is 26.9. The van der Waals surface area contributed by atoms with E-state index in [9.17, 15) is 22.8 Å². The summed E-state index contributed by atoms with van der Waals surface area (Å²) in [6.45, 7) is 1.83. The lowest BCUT2D eigenvalue weighted by molar-refractivity contribution is -0.137. The first-order valence-corrected chi connectivity index (χ1v) is 12.3. The molecule has 11 heteroatoms. The van der Waals surface area contributed by atoms with Crippen LogP contribution in [0.15, 0.2) is 77.2 Å². The predicted octanol–water partition coefficient (Wildman–Crippen LogP) is 6.64. The van der Waals surface area contributed by atoms with Gasteiger partial charge in [-0.1, -0.05) is 24.3 Å². The van der Waals surface area contributed by atoms with Gasteiger partial charge in [0.2, 0.25) is 5.89 Å². The van der Waals surface area contributed by atoms with Crippen LogP contribution in [0.4, 0.5) is 23.7 Å². The van der Waals surface area contributed by atoms with Crippen molar-refractivity contribution >= 4 is 28.6 Å². The molecule has 0 spiro atoms. The van der Waals surface area contributed by atoms with E-state index in [0.717, 1.165) is 35.0 Å². The molecule has 1 unspecified atom stereocenters. The van der Waals surface area contributed by atoms with Crippen LogP contribution >= 0.6 is 11.8 Å². The molecular weight excluding hydrogens is 519 g/mol. The van der Waals surface area contributed by atoms with Gasteiger partial charge in [0, 0.05) is 11.3 Å². The van der Waals surface area contributed by atoms with Crippen molar-refractivity contribution in [3.63, 3.8) is 0 Å². The molecule has 1 aliphatic heterocycles. The van der Waals surface area contributed by atoms with Crippen molar-refractivity contribution in [1.82, 2.24) is 10.3 Å². The second-order valence-corrected chi connectivity index (χ2v) is 9.49. The van der Waals surface area contributed by atoms with Gasteiger partial charge in [-0.05, 0) is 78.3 Å². The number of nitrogens with one attached hydrogen (secondary N) is 2. The van der Waals surface area contributed by atoms with Crippen LogP contribution in [0.1, 0.15) is 17.0 Å². The average Bonchev–Trinajstić information content (AvgIpc) is 3.42. The van der Waals surface area contributed by atoms with Gasteiger partial charge in [0.1, 0.15) is 23.8 Å². The third-order valence-corrected chi connectivity index (χ3v) is 6.65. The Kier molecular flexibility index (Phi) is 6.85. The van der Waals surface area contributed by atoms with Crippen molar-refractivity contribution in [2.45, 2.75) is 25.1 Å². The van der Waals surface area contributed by atoms with Gasteiger partial charge in [-0.15, -0.1) is 0 Å². The van der Waals surface area contributed by atoms with Gasteiger partial charge in [0.05, 0.1) is 5.56 Å². The Hall–Kier alpha value is -4.25. The molecule has 2 heterocycles. The van der Waals surface area contributed by atoms with Gasteiger partial charge in [0.25, 0.3) is 11.1 Å². The standard InChI is InChI=1S/C27H20F3N3O4S/c1-15-22(32-24(37-15)17-5-9-19(10-6-17)27(28,29)30)14-36-21-11-7-16(8-12-21)18-3-2-4-20(13-18)31-25-23(34)33-26(35)38-25/h2-13,25,31H,14H2,1H3,(H,33,34,35). The Morgan fingerprint density at radius 2 is 1.71 bits per heavy atom. The first-order chi connectivity index (χ1) is 18.2. The number of halogens is 3. The van der Waals surface area contributed by atoms with Crippen LogP contribution < -0.4 is 15.4 Å². The van der Waals surface area contributed by atoms with E-state index in [2.05, 4.69) is 15.6 Å². The van der Waals surface area contributed by atoms with Crippen LogP contribution in [0, 0.1) is 6.92 Å². The number of benzene rings is 3. The summed E-state index contributed by atoms with van der Waals surface area (Å²) in [7, 11) is 0. The largest absolute Gasteiger partial charge is 0.487 e. The lowest BCUT2D eigenvalue weighted by Gasteiger charge is -2.12. The maximum Gasteiger partial charge on any atom is 0.416 e. The number of rotatable bonds is 7. The molecule has 1 atom stereocenters. The van der Waals surface area contributed by atoms with E-state index in [0.29, 0.717) is 28.5 Å². The highest BCUT2D eigenvalue weighted by Gasteiger charge is 2.31. The van der Waals surface area contributed by atoms with Gasteiger partial charge in [-0.25, -0.2) is 4.98 Å². The normalized spacial score (nSPS) is 15.4. The average molecular weight is 540 g/mol. The summed E-state index contributed by atoms with van der Waals surface area (Å²) in [6.07, 6.45) is -4.41. The number of hydrogen-bond acceptors (Lipinski definition) is 7. The van der Waals surface area contributed by atoms with Gasteiger partial charge < -0.3 is 14.5 Å². The fraction of sp³-hybridized carbons (Fsp3) is 0.148. The van der Waals surface area contributed by atoms with Crippen LogP contribution in [-0.4, -0.2) is 21.5 Å². The number of oxazole rings is 1. The molecule has 7 nitrogen and oxygen atoms in total. The summed E-state index contributed by atoms with van der Waals surface area (Å²) in [5.74, 6) is 0.952. The quantitative estimate of drug-likeness (QED) is 0.272. The summed E-state index contributed by atoms with van der Waals surface area (Å²) in [5.41, 5.74) is 2.77. The Morgan fingerprint density at radius 3 is 2.37 bits per heavy atom. The number of aryl methyl sites for hydroxylation is 1. The number of thioether (sulfide) groups is 1. The van der Waals surface area contributed by atoms with Gasteiger partial charge in [-0.3, -0.25) is 14.9 Å². The topological polar surface area (TPSA) is 93.5 Å². The van der Waals surface area contributed by atoms with E-state index >= 15 is 0 Å². The summed E-state index contributed by atoms with van der Waals surface area (Å²) < 4.78 is 49.9. The number of aromatic nitrogens is 1. The van der Waals surface area contributed by atoms with Crippen molar-refractivity contribution in [2.24, 2.45) is 0 Å². The van der Waals surface area contributed by atoms with Crippen LogP contribution in [0.3, 0.4) is 0 Å². The number of alkyl halides is 3. The minimum absolute atomic E-state index is 0.120. The monoisotopic (exact) mass is 539 g/mol. The Bertz CT molecular complexity index is 1480. The minimum atomic E-state index is -4.41. The van der Waals surface area contributed by atoms with Crippen LogP contribution in [0.25, 0.3) is 22.6 Å². The van der Waals surface area contributed by atoms with Crippen molar-refractivity contribution < 1.29 is 31.9 Å². The fourth-order valence-electron chi connectivity index (χ4n) is 3.77. The molecular formula is C27H20F3N3O4S. The van der Waals surface area contributed by atoms with Gasteiger partial charge in [0.15, 0.2) is 5.37 Å². The number of carbonyl (C=O) groups is 2. The Morgan fingerprint density at radius 1 is 1.00 bits per heavy atom. The molecule has 0 radical (unpaired) electrons. The number of carbonyl (C=O) groups excluding carboxylic acids is 2. The molecule has 5 rings (SSSR count). The summed E-state index contributed by atoms with van der Waals surface area (Å²) in [4.78, 5) is 27.6. The van der Waals surface area contributed by atoms with Crippen molar-refractivity contribution in [1.29, 1.82) is 0 Å². The minimum Gasteiger partial charge on any atom is -0.487 e. The number of nitrogens with zero attached hydrogens (tertiary/aromatic N) is 1. The highest BCUT2D eigenvalue weighted by Crippen LogP contribution is 2.32. The summed E-state index contributed by atoms with van der Waals surface area (Å²) >= 11 is 0.898. The lowest BCUT2D eigenvalue weighted by Crippen LogP contribution is -2.29. The van der Waals surface area contributed by atoms with Crippen molar-refractivity contribution in [3.8, 4) is 28.3 Å². The molecule has 0 bridgehead atoms. The molecule has 0 aliphatic carbocycles. The smallest absolute Gasteiger partial charge is 0.416 e. The molecule has 1 fully saturated rings. The molecule has 0 saturated carbocycles. The van der Waals surface area contributed by atoms with E-state index in [1.807, 2.05) is 36.4 Å². The lowest BCUT2D eigenvalue weighted by atomic mass is 10.0. The van der Waals surface area contributed by atoms with Crippen LogP contribution in [0.2, 0.25) is 0 Å². The molecule has 4 aromatic rings. The van der Waals surface area contributed by atoms with Crippen LogP contribution in [0.5, 0.6) is 5.75 Å². The second kappa shape index (κ2) is 10.3. The maximum absolute atomic E-state index is 12.8. The number of amides is 2. The first kappa shape index (κ1) is 25.4. The first-order valence-electron chi connectivity index (χ1n) is 11.4. The van der Waals surface area contributed by atoms with Gasteiger partial charge >= 0.3 is 6.18 Å². The maximum atomic E-state index is 12.8. The number of anilines is 1. The Labute approximate surface area is 219 Å².